The molecule has 0 aliphatic heterocycles. The normalized spacial score (nSPS) is 14.0. The SMILES string of the molecule is CC1=CC=C(c2nc3nc(CNc4ccc(C)cc4C)cc(=O)n3[nH]2)C=CC1. The Morgan fingerprint density at radius 3 is 2.82 bits per heavy atom. The second-order valence-electron chi connectivity index (χ2n) is 7.21. The van der Waals surface area contributed by atoms with Crippen molar-refractivity contribution in [1.29, 1.82) is 0 Å². The van der Waals surface area contributed by atoms with Crippen LogP contribution in [0.4, 0.5) is 5.69 Å². The smallest absolute Gasteiger partial charge is 0.274 e. The van der Waals surface area contributed by atoms with Crippen LogP contribution in [0.15, 0.2) is 58.9 Å². The van der Waals surface area contributed by atoms with Crippen molar-refractivity contribution < 1.29 is 0 Å². The van der Waals surface area contributed by atoms with Crippen molar-refractivity contribution in [3.8, 4) is 0 Å². The van der Waals surface area contributed by atoms with Crippen LogP contribution in [0.3, 0.4) is 0 Å². The molecule has 0 unspecified atom stereocenters. The molecule has 142 valence electrons. The Morgan fingerprint density at radius 2 is 2.00 bits per heavy atom. The largest absolute Gasteiger partial charge is 0.379 e. The molecule has 0 radical (unpaired) electrons. The maximum absolute atomic E-state index is 12.5. The lowest BCUT2D eigenvalue weighted by Gasteiger charge is -2.09. The van der Waals surface area contributed by atoms with E-state index in [9.17, 15) is 4.79 Å². The van der Waals surface area contributed by atoms with Gasteiger partial charge in [-0.25, -0.2) is 4.98 Å². The molecule has 6 heteroatoms. The number of allylic oxidation sites excluding steroid dienone is 6. The van der Waals surface area contributed by atoms with E-state index in [1.807, 2.05) is 18.2 Å². The van der Waals surface area contributed by atoms with E-state index in [1.54, 1.807) is 0 Å². The van der Waals surface area contributed by atoms with Gasteiger partial charge in [0.1, 0.15) is 0 Å². The van der Waals surface area contributed by atoms with Gasteiger partial charge in [-0.1, -0.05) is 47.6 Å². The summed E-state index contributed by atoms with van der Waals surface area (Å²) < 4.78 is 1.38. The number of hydrogen-bond donors (Lipinski definition) is 2. The van der Waals surface area contributed by atoms with E-state index >= 15 is 0 Å². The third-order valence-electron chi connectivity index (χ3n) is 4.78. The van der Waals surface area contributed by atoms with Crippen LogP contribution in [-0.2, 0) is 6.54 Å². The Hall–Kier alpha value is -3.41. The fourth-order valence-electron chi connectivity index (χ4n) is 3.23. The van der Waals surface area contributed by atoms with Crippen molar-refractivity contribution in [3.05, 3.63) is 87.1 Å². The summed E-state index contributed by atoms with van der Waals surface area (Å²) in [5.41, 5.74) is 6.10. The molecule has 2 heterocycles. The predicted molar refractivity (Wildman–Crippen MR) is 112 cm³/mol. The fourth-order valence-corrected chi connectivity index (χ4v) is 3.23. The first-order valence-corrected chi connectivity index (χ1v) is 9.34. The first-order valence-electron chi connectivity index (χ1n) is 9.34. The highest BCUT2D eigenvalue weighted by molar-refractivity contribution is 5.72. The van der Waals surface area contributed by atoms with E-state index < -0.39 is 0 Å². The van der Waals surface area contributed by atoms with Crippen molar-refractivity contribution >= 4 is 17.0 Å². The van der Waals surface area contributed by atoms with Crippen molar-refractivity contribution in [2.45, 2.75) is 33.7 Å². The number of rotatable bonds is 4. The number of aromatic nitrogens is 4. The van der Waals surface area contributed by atoms with Gasteiger partial charge < -0.3 is 5.32 Å². The topological polar surface area (TPSA) is 75.1 Å². The molecule has 2 N–H and O–H groups in total. The molecule has 2 aromatic heterocycles. The summed E-state index contributed by atoms with van der Waals surface area (Å²) in [6.07, 6.45) is 9.08. The molecule has 4 rings (SSSR count). The molecule has 0 fully saturated rings. The Labute approximate surface area is 163 Å². The molecule has 1 aliphatic carbocycles. The van der Waals surface area contributed by atoms with Crippen LogP contribution in [0.5, 0.6) is 0 Å². The second kappa shape index (κ2) is 7.31. The van der Waals surface area contributed by atoms with Gasteiger partial charge in [0.2, 0.25) is 0 Å². The molecule has 6 nitrogen and oxygen atoms in total. The number of anilines is 1. The van der Waals surface area contributed by atoms with Gasteiger partial charge in [-0.2, -0.15) is 9.50 Å². The molecule has 0 bridgehead atoms. The first kappa shape index (κ1) is 18.0. The monoisotopic (exact) mass is 373 g/mol. The van der Waals surface area contributed by atoms with Crippen LogP contribution in [0, 0.1) is 13.8 Å². The number of H-pyrrole nitrogens is 1. The zero-order valence-electron chi connectivity index (χ0n) is 16.3. The highest BCUT2D eigenvalue weighted by Gasteiger charge is 2.11. The quantitative estimate of drug-likeness (QED) is 0.726. The standard InChI is InChI=1S/C22H23N5O/c1-14-5-4-6-17(9-7-14)21-25-22-24-18(12-20(28)27(22)26-21)13-23-19-10-8-15(2)11-16(19)3/h4,6-12,23H,5,13H2,1-3H3,(H,24,25,26). The average Bonchev–Trinajstić information content (AvgIpc) is 2.96. The predicted octanol–water partition coefficient (Wildman–Crippen LogP) is 3.94. The van der Waals surface area contributed by atoms with Crippen molar-refractivity contribution in [1.82, 2.24) is 19.6 Å². The summed E-state index contributed by atoms with van der Waals surface area (Å²) in [7, 11) is 0. The Balaban J connectivity index is 1.62. The lowest BCUT2D eigenvalue weighted by molar-refractivity contribution is 0.872. The number of hydrogen-bond acceptors (Lipinski definition) is 4. The lowest BCUT2D eigenvalue weighted by Crippen LogP contribution is -2.17. The van der Waals surface area contributed by atoms with Gasteiger partial charge in [0.05, 0.1) is 12.2 Å². The molecule has 1 aromatic carbocycles. The van der Waals surface area contributed by atoms with E-state index in [1.165, 1.54) is 21.7 Å². The molecule has 0 spiro atoms. The van der Waals surface area contributed by atoms with Gasteiger partial charge in [-0.3, -0.25) is 9.89 Å². The van der Waals surface area contributed by atoms with Crippen LogP contribution in [0.2, 0.25) is 0 Å². The van der Waals surface area contributed by atoms with E-state index in [0.29, 0.717) is 23.8 Å². The molecule has 28 heavy (non-hydrogen) atoms. The van der Waals surface area contributed by atoms with Gasteiger partial charge in [-0.05, 0) is 38.8 Å². The fraction of sp³-hybridized carbons (Fsp3) is 0.227. The highest BCUT2D eigenvalue weighted by atomic mass is 16.1. The number of nitrogens with zero attached hydrogens (tertiary/aromatic N) is 3. The number of aromatic amines is 1. The van der Waals surface area contributed by atoms with Crippen molar-refractivity contribution in [3.63, 3.8) is 0 Å². The van der Waals surface area contributed by atoms with Gasteiger partial charge in [0, 0.05) is 17.3 Å². The molecule has 0 saturated carbocycles. The summed E-state index contributed by atoms with van der Waals surface area (Å²) in [6, 6.07) is 7.76. The highest BCUT2D eigenvalue weighted by Crippen LogP contribution is 2.19. The van der Waals surface area contributed by atoms with Gasteiger partial charge in [0.15, 0.2) is 5.82 Å². The van der Waals surface area contributed by atoms with E-state index in [4.69, 9.17) is 0 Å². The Bertz CT molecular complexity index is 1190. The number of benzene rings is 1. The minimum absolute atomic E-state index is 0.175. The van der Waals surface area contributed by atoms with E-state index in [-0.39, 0.29) is 5.56 Å². The van der Waals surface area contributed by atoms with Crippen LogP contribution < -0.4 is 10.9 Å². The van der Waals surface area contributed by atoms with Crippen molar-refractivity contribution in [2.75, 3.05) is 5.32 Å². The minimum atomic E-state index is -0.175. The first-order chi connectivity index (χ1) is 13.5. The summed E-state index contributed by atoms with van der Waals surface area (Å²) in [5, 5.41) is 6.41. The maximum atomic E-state index is 12.5. The van der Waals surface area contributed by atoms with Gasteiger partial charge in [-0.15, -0.1) is 0 Å². The molecular weight excluding hydrogens is 350 g/mol. The third-order valence-corrected chi connectivity index (χ3v) is 4.78. The second-order valence-corrected chi connectivity index (χ2v) is 7.21. The number of aryl methyl sites for hydroxylation is 2. The van der Waals surface area contributed by atoms with Gasteiger partial charge >= 0.3 is 0 Å². The average molecular weight is 373 g/mol. The number of nitrogens with one attached hydrogen (secondary N) is 2. The van der Waals surface area contributed by atoms with E-state index in [0.717, 1.165) is 23.2 Å². The minimum Gasteiger partial charge on any atom is -0.379 e. The van der Waals surface area contributed by atoms with Crippen LogP contribution in [-0.4, -0.2) is 19.6 Å². The summed E-state index contributed by atoms with van der Waals surface area (Å²) in [6.45, 7) is 6.68. The zero-order valence-corrected chi connectivity index (χ0v) is 16.3. The zero-order chi connectivity index (χ0) is 19.7. The van der Waals surface area contributed by atoms with Crippen LogP contribution >= 0.6 is 0 Å². The summed E-state index contributed by atoms with van der Waals surface area (Å²) in [5.74, 6) is 1.01. The Morgan fingerprint density at radius 1 is 1.14 bits per heavy atom. The van der Waals surface area contributed by atoms with Crippen molar-refractivity contribution in [2.24, 2.45) is 0 Å². The molecule has 0 atom stereocenters. The third kappa shape index (κ3) is 3.67. The lowest BCUT2D eigenvalue weighted by atomic mass is 10.1. The van der Waals surface area contributed by atoms with Crippen LogP contribution in [0.1, 0.15) is 36.0 Å². The molecular formula is C22H23N5O. The molecule has 0 saturated heterocycles. The maximum Gasteiger partial charge on any atom is 0.274 e. The summed E-state index contributed by atoms with van der Waals surface area (Å²) >= 11 is 0. The molecule has 3 aromatic rings. The molecule has 1 aliphatic rings. The van der Waals surface area contributed by atoms with Crippen LogP contribution in [0.25, 0.3) is 11.4 Å². The van der Waals surface area contributed by atoms with Gasteiger partial charge in [0.25, 0.3) is 11.3 Å². The van der Waals surface area contributed by atoms with E-state index in [2.05, 4.69) is 65.4 Å². The Kier molecular flexibility index (Phi) is 4.69. The number of fused-ring (bicyclic) bond motifs is 1. The summed E-state index contributed by atoms with van der Waals surface area (Å²) in [4.78, 5) is 21.6. The molecule has 0 amide bonds.